The SMILES string of the molecule is CCNC(=O)CN(CC)C(=O)Cc1csc(NC(=O)c2cccs2)n1. The summed E-state index contributed by atoms with van der Waals surface area (Å²) >= 11 is 2.62. The Kier molecular flexibility index (Phi) is 7.08. The van der Waals surface area contributed by atoms with Gasteiger partial charge in [0.2, 0.25) is 11.8 Å². The number of nitrogens with one attached hydrogen (secondary N) is 2. The Morgan fingerprint density at radius 3 is 2.68 bits per heavy atom. The van der Waals surface area contributed by atoms with Crippen molar-refractivity contribution in [2.75, 3.05) is 25.0 Å². The van der Waals surface area contributed by atoms with Gasteiger partial charge in [-0.25, -0.2) is 4.98 Å². The number of hydrogen-bond donors (Lipinski definition) is 2. The molecule has 0 bridgehead atoms. The Morgan fingerprint density at radius 1 is 1.24 bits per heavy atom. The van der Waals surface area contributed by atoms with Gasteiger partial charge in [0.1, 0.15) is 0 Å². The first-order chi connectivity index (χ1) is 12.0. The van der Waals surface area contributed by atoms with E-state index >= 15 is 0 Å². The van der Waals surface area contributed by atoms with E-state index in [1.165, 1.54) is 27.6 Å². The number of carbonyl (C=O) groups is 3. The largest absolute Gasteiger partial charge is 0.355 e. The van der Waals surface area contributed by atoms with Crippen molar-refractivity contribution in [3.05, 3.63) is 33.5 Å². The van der Waals surface area contributed by atoms with Crippen LogP contribution in [0, 0.1) is 0 Å². The Labute approximate surface area is 154 Å². The van der Waals surface area contributed by atoms with E-state index in [4.69, 9.17) is 0 Å². The van der Waals surface area contributed by atoms with E-state index in [0.29, 0.717) is 28.8 Å². The molecule has 0 aliphatic heterocycles. The maximum absolute atomic E-state index is 12.3. The summed E-state index contributed by atoms with van der Waals surface area (Å²) in [5.41, 5.74) is 0.575. The van der Waals surface area contributed by atoms with E-state index in [-0.39, 0.29) is 30.7 Å². The summed E-state index contributed by atoms with van der Waals surface area (Å²) < 4.78 is 0. The molecule has 0 unspecified atom stereocenters. The monoisotopic (exact) mass is 380 g/mol. The highest BCUT2D eigenvalue weighted by Gasteiger charge is 2.17. The summed E-state index contributed by atoms with van der Waals surface area (Å²) in [6, 6.07) is 3.54. The van der Waals surface area contributed by atoms with Crippen molar-refractivity contribution in [2.24, 2.45) is 0 Å². The lowest BCUT2D eigenvalue weighted by Gasteiger charge is -2.19. The van der Waals surface area contributed by atoms with Gasteiger partial charge < -0.3 is 10.2 Å². The smallest absolute Gasteiger partial charge is 0.267 e. The van der Waals surface area contributed by atoms with Crippen LogP contribution in [0.4, 0.5) is 5.13 Å². The fourth-order valence-electron chi connectivity index (χ4n) is 2.08. The summed E-state index contributed by atoms with van der Waals surface area (Å²) in [5.74, 6) is -0.566. The van der Waals surface area contributed by atoms with Crippen LogP contribution in [0.3, 0.4) is 0 Å². The van der Waals surface area contributed by atoms with Gasteiger partial charge in [0.25, 0.3) is 5.91 Å². The molecule has 25 heavy (non-hydrogen) atoms. The van der Waals surface area contributed by atoms with Crippen LogP contribution in [-0.4, -0.2) is 47.2 Å². The third kappa shape index (κ3) is 5.64. The standard InChI is InChI=1S/C16H20N4O3S2/c1-3-17-13(21)9-20(4-2)14(22)8-11-10-25-16(18-11)19-15(23)12-6-5-7-24-12/h5-7,10H,3-4,8-9H2,1-2H3,(H,17,21)(H,18,19,23). The predicted molar refractivity (Wildman–Crippen MR) is 99.0 cm³/mol. The van der Waals surface area contributed by atoms with Crippen molar-refractivity contribution in [1.29, 1.82) is 0 Å². The molecule has 3 amide bonds. The lowest BCUT2D eigenvalue weighted by Crippen LogP contribution is -2.41. The molecule has 0 atom stereocenters. The topological polar surface area (TPSA) is 91.4 Å². The van der Waals surface area contributed by atoms with Crippen LogP contribution < -0.4 is 10.6 Å². The summed E-state index contributed by atoms with van der Waals surface area (Å²) in [6.07, 6.45) is 0.0959. The van der Waals surface area contributed by atoms with Crippen molar-refractivity contribution >= 4 is 45.5 Å². The molecule has 0 saturated carbocycles. The zero-order chi connectivity index (χ0) is 18.2. The lowest BCUT2D eigenvalue weighted by atomic mass is 10.3. The van der Waals surface area contributed by atoms with Gasteiger partial charge >= 0.3 is 0 Å². The van der Waals surface area contributed by atoms with Crippen LogP contribution in [0.1, 0.15) is 29.2 Å². The van der Waals surface area contributed by atoms with Gasteiger partial charge in [-0.2, -0.15) is 0 Å². The maximum atomic E-state index is 12.3. The van der Waals surface area contributed by atoms with Gasteiger partial charge in [-0.3, -0.25) is 19.7 Å². The van der Waals surface area contributed by atoms with Crippen molar-refractivity contribution in [2.45, 2.75) is 20.3 Å². The third-order valence-corrected chi connectivity index (χ3v) is 4.97. The van der Waals surface area contributed by atoms with E-state index in [1.807, 2.05) is 19.2 Å². The first-order valence-corrected chi connectivity index (χ1v) is 9.63. The molecule has 2 rings (SSSR count). The van der Waals surface area contributed by atoms with Crippen LogP contribution in [-0.2, 0) is 16.0 Å². The molecule has 0 aromatic carbocycles. The maximum Gasteiger partial charge on any atom is 0.267 e. The number of aromatic nitrogens is 1. The van der Waals surface area contributed by atoms with E-state index in [0.717, 1.165) is 0 Å². The Morgan fingerprint density at radius 2 is 2.04 bits per heavy atom. The fourth-order valence-corrected chi connectivity index (χ4v) is 3.41. The number of thiazole rings is 1. The molecule has 0 aliphatic rings. The minimum Gasteiger partial charge on any atom is -0.355 e. The Bertz CT molecular complexity index is 728. The molecule has 9 heteroatoms. The van der Waals surface area contributed by atoms with Gasteiger partial charge in [-0.1, -0.05) is 6.07 Å². The number of nitrogens with zero attached hydrogens (tertiary/aromatic N) is 2. The Balaban J connectivity index is 1.91. The van der Waals surface area contributed by atoms with E-state index < -0.39 is 0 Å². The molecular weight excluding hydrogens is 360 g/mol. The van der Waals surface area contributed by atoms with Crippen LogP contribution >= 0.6 is 22.7 Å². The number of likely N-dealkylation sites (N-methyl/N-ethyl adjacent to an activating group) is 2. The fraction of sp³-hybridized carbons (Fsp3) is 0.375. The predicted octanol–water partition coefficient (Wildman–Crippen LogP) is 1.98. The minimum atomic E-state index is -0.214. The summed E-state index contributed by atoms with van der Waals surface area (Å²) in [6.45, 7) is 4.67. The highest BCUT2D eigenvalue weighted by molar-refractivity contribution is 7.14. The van der Waals surface area contributed by atoms with Gasteiger partial charge in [-0.15, -0.1) is 22.7 Å². The van der Waals surface area contributed by atoms with Crippen LogP contribution in [0.2, 0.25) is 0 Å². The second-order valence-corrected chi connectivity index (χ2v) is 6.92. The van der Waals surface area contributed by atoms with Crippen LogP contribution in [0.15, 0.2) is 22.9 Å². The van der Waals surface area contributed by atoms with Gasteiger partial charge in [0.05, 0.1) is 23.5 Å². The van der Waals surface area contributed by atoms with Crippen LogP contribution in [0.25, 0.3) is 0 Å². The highest BCUT2D eigenvalue weighted by Crippen LogP contribution is 2.18. The highest BCUT2D eigenvalue weighted by atomic mass is 32.1. The third-order valence-electron chi connectivity index (χ3n) is 3.29. The van der Waals surface area contributed by atoms with Crippen molar-refractivity contribution in [1.82, 2.24) is 15.2 Å². The lowest BCUT2D eigenvalue weighted by molar-refractivity contribution is -0.135. The molecule has 0 saturated heterocycles. The van der Waals surface area contributed by atoms with Gasteiger partial charge in [0.15, 0.2) is 5.13 Å². The number of carbonyl (C=O) groups excluding carboxylic acids is 3. The molecule has 7 nitrogen and oxygen atoms in total. The van der Waals surface area contributed by atoms with E-state index in [2.05, 4.69) is 15.6 Å². The molecular formula is C16H20N4O3S2. The summed E-state index contributed by atoms with van der Waals surface area (Å²) in [5, 5.41) is 9.41. The molecule has 0 spiro atoms. The zero-order valence-corrected chi connectivity index (χ0v) is 15.7. The van der Waals surface area contributed by atoms with Crippen LogP contribution in [0.5, 0.6) is 0 Å². The second kappa shape index (κ2) is 9.28. The van der Waals surface area contributed by atoms with Gasteiger partial charge in [-0.05, 0) is 25.3 Å². The second-order valence-electron chi connectivity index (χ2n) is 5.11. The van der Waals surface area contributed by atoms with Crippen molar-refractivity contribution in [3.8, 4) is 0 Å². The molecule has 0 radical (unpaired) electrons. The number of amides is 3. The molecule has 2 N–H and O–H groups in total. The molecule has 0 fully saturated rings. The number of anilines is 1. The average molecular weight is 380 g/mol. The quantitative estimate of drug-likeness (QED) is 0.733. The molecule has 2 aromatic heterocycles. The average Bonchev–Trinajstić information content (AvgIpc) is 3.24. The number of thiophene rings is 1. The molecule has 2 aromatic rings. The molecule has 2 heterocycles. The molecule has 0 aliphatic carbocycles. The van der Waals surface area contributed by atoms with Crippen molar-refractivity contribution < 1.29 is 14.4 Å². The van der Waals surface area contributed by atoms with E-state index in [1.54, 1.807) is 17.5 Å². The van der Waals surface area contributed by atoms with Gasteiger partial charge in [0, 0.05) is 18.5 Å². The zero-order valence-electron chi connectivity index (χ0n) is 14.1. The summed E-state index contributed by atoms with van der Waals surface area (Å²) in [7, 11) is 0. The Hall–Kier alpha value is -2.26. The van der Waals surface area contributed by atoms with Crippen molar-refractivity contribution in [3.63, 3.8) is 0 Å². The number of hydrogen-bond acceptors (Lipinski definition) is 6. The minimum absolute atomic E-state index is 0.0370. The van der Waals surface area contributed by atoms with E-state index in [9.17, 15) is 14.4 Å². The first kappa shape index (κ1) is 19.1. The molecule has 134 valence electrons. The normalized spacial score (nSPS) is 10.3. The first-order valence-electron chi connectivity index (χ1n) is 7.87. The number of rotatable bonds is 8. The summed E-state index contributed by atoms with van der Waals surface area (Å²) in [4.78, 5) is 42.3.